The molecule has 184 valence electrons. The van der Waals surface area contributed by atoms with Crippen molar-refractivity contribution in [2.45, 2.75) is 24.5 Å². The van der Waals surface area contributed by atoms with Gasteiger partial charge in [0.25, 0.3) is 0 Å². The van der Waals surface area contributed by atoms with E-state index >= 15 is 0 Å². The number of ether oxygens (including phenoxy) is 2. The molecule has 0 saturated heterocycles. The lowest BCUT2D eigenvalue weighted by atomic mass is 9.72. The van der Waals surface area contributed by atoms with Gasteiger partial charge in [-0.25, -0.2) is 0 Å². The minimum atomic E-state index is -2.15. The number of methoxy groups -OCH3 is 1. The highest BCUT2D eigenvalue weighted by atomic mass is 16.5. The molecule has 9 nitrogen and oxygen atoms in total. The van der Waals surface area contributed by atoms with E-state index in [1.807, 2.05) is 0 Å². The molecule has 0 aliphatic heterocycles. The van der Waals surface area contributed by atoms with E-state index in [9.17, 15) is 34.8 Å². The summed E-state index contributed by atoms with van der Waals surface area (Å²) in [6.45, 7) is -0.509. The van der Waals surface area contributed by atoms with Crippen LogP contribution in [0.5, 0.6) is 23.0 Å². The van der Waals surface area contributed by atoms with E-state index in [0.717, 1.165) is 0 Å². The van der Waals surface area contributed by atoms with Crippen molar-refractivity contribution in [3.63, 3.8) is 0 Å². The van der Waals surface area contributed by atoms with Crippen molar-refractivity contribution in [3.05, 3.63) is 81.9 Å². The van der Waals surface area contributed by atoms with Crippen LogP contribution in [0.15, 0.2) is 48.5 Å². The summed E-state index contributed by atoms with van der Waals surface area (Å²) in [5, 5.41) is 44.1. The predicted molar refractivity (Wildman–Crippen MR) is 125 cm³/mol. The fraction of sp³-hybridized carbons (Fsp3) is 0.222. The topological polar surface area (TPSA) is 151 Å². The average Bonchev–Trinajstić information content (AvgIpc) is 2.87. The number of aliphatic hydroxyl groups is 2. The van der Waals surface area contributed by atoms with Crippen molar-refractivity contribution < 1.29 is 44.3 Å². The summed E-state index contributed by atoms with van der Waals surface area (Å²) in [4.78, 5) is 39.6. The maximum Gasteiger partial charge on any atom is 0.202 e. The molecule has 2 aliphatic rings. The van der Waals surface area contributed by atoms with Gasteiger partial charge in [0.2, 0.25) is 11.6 Å². The van der Waals surface area contributed by atoms with E-state index in [4.69, 9.17) is 9.47 Å². The first-order valence-electron chi connectivity index (χ1n) is 11.2. The van der Waals surface area contributed by atoms with Crippen molar-refractivity contribution in [2.75, 3.05) is 13.7 Å². The number of aliphatic hydroxyl groups excluding tert-OH is 1. The molecule has 0 unspecified atom stereocenters. The molecule has 0 saturated carbocycles. The fourth-order valence-corrected chi connectivity index (χ4v) is 4.96. The Kier molecular flexibility index (Phi) is 5.54. The SMILES string of the molecule is COc1cccc2c1C(=O)c1c(O)c3c(c(O)c1C2=O)C[C@@](O)(C(=O)COc1ccccc1)C[C@@H]3O. The zero-order valence-electron chi connectivity index (χ0n) is 19.1. The van der Waals surface area contributed by atoms with Crippen molar-refractivity contribution in [3.8, 4) is 23.0 Å². The minimum Gasteiger partial charge on any atom is -0.507 e. The zero-order chi connectivity index (χ0) is 25.8. The Hall–Kier alpha value is -4.21. The largest absolute Gasteiger partial charge is 0.507 e. The quantitative estimate of drug-likeness (QED) is 0.309. The summed E-state index contributed by atoms with van der Waals surface area (Å²) < 4.78 is 10.6. The number of fused-ring (bicyclic) bond motifs is 3. The first kappa shape index (κ1) is 23.5. The molecule has 3 aromatic carbocycles. The second-order valence-electron chi connectivity index (χ2n) is 8.83. The van der Waals surface area contributed by atoms with Gasteiger partial charge in [0.05, 0.1) is 29.9 Å². The van der Waals surface area contributed by atoms with Gasteiger partial charge < -0.3 is 29.9 Å². The number of phenolic OH excluding ortho intramolecular Hbond substituents is 2. The van der Waals surface area contributed by atoms with Crippen LogP contribution in [-0.2, 0) is 11.2 Å². The van der Waals surface area contributed by atoms with Crippen molar-refractivity contribution in [2.24, 2.45) is 0 Å². The molecule has 0 spiro atoms. The van der Waals surface area contributed by atoms with Crippen LogP contribution in [0.2, 0.25) is 0 Å². The van der Waals surface area contributed by atoms with Crippen molar-refractivity contribution >= 4 is 17.3 Å². The van der Waals surface area contributed by atoms with Crippen molar-refractivity contribution in [1.29, 1.82) is 0 Å². The lowest BCUT2D eigenvalue weighted by Gasteiger charge is -2.37. The monoisotopic (exact) mass is 490 g/mol. The Balaban J connectivity index is 1.57. The summed E-state index contributed by atoms with van der Waals surface area (Å²) in [7, 11) is 1.33. The van der Waals surface area contributed by atoms with Gasteiger partial charge in [0, 0.05) is 29.5 Å². The molecule has 3 aromatic rings. The highest BCUT2D eigenvalue weighted by molar-refractivity contribution is 6.31. The second kappa shape index (κ2) is 8.47. The fourth-order valence-electron chi connectivity index (χ4n) is 4.96. The van der Waals surface area contributed by atoms with E-state index in [-0.39, 0.29) is 28.0 Å². The summed E-state index contributed by atoms with van der Waals surface area (Å²) in [5.41, 5.74) is -3.57. The summed E-state index contributed by atoms with van der Waals surface area (Å²) >= 11 is 0. The molecule has 0 heterocycles. The number of ketones is 3. The van der Waals surface area contributed by atoms with Crippen LogP contribution >= 0.6 is 0 Å². The number of carbonyl (C=O) groups excluding carboxylic acids is 3. The van der Waals surface area contributed by atoms with Gasteiger partial charge in [-0.2, -0.15) is 0 Å². The molecule has 2 aliphatic carbocycles. The number of para-hydroxylation sites is 1. The van der Waals surface area contributed by atoms with Gasteiger partial charge in [-0.15, -0.1) is 0 Å². The molecule has 0 radical (unpaired) electrons. The second-order valence-corrected chi connectivity index (χ2v) is 8.83. The highest BCUT2D eigenvalue weighted by Gasteiger charge is 2.48. The Morgan fingerprint density at radius 1 is 0.972 bits per heavy atom. The Morgan fingerprint density at radius 3 is 2.36 bits per heavy atom. The van der Waals surface area contributed by atoms with Gasteiger partial charge >= 0.3 is 0 Å². The van der Waals surface area contributed by atoms with Crippen LogP contribution in [-0.4, -0.2) is 57.1 Å². The summed E-state index contributed by atoms with van der Waals surface area (Å²) in [6, 6.07) is 12.9. The molecule has 9 heteroatoms. The van der Waals surface area contributed by atoms with Crippen LogP contribution in [0.4, 0.5) is 0 Å². The molecular weight excluding hydrogens is 468 g/mol. The number of hydrogen-bond donors (Lipinski definition) is 4. The third kappa shape index (κ3) is 3.43. The molecule has 0 fully saturated rings. The van der Waals surface area contributed by atoms with Gasteiger partial charge in [-0.3, -0.25) is 14.4 Å². The van der Waals surface area contributed by atoms with Crippen LogP contribution < -0.4 is 9.47 Å². The van der Waals surface area contributed by atoms with Crippen LogP contribution in [0, 0.1) is 0 Å². The molecule has 5 rings (SSSR count). The van der Waals surface area contributed by atoms with Gasteiger partial charge in [0.15, 0.2) is 5.78 Å². The number of hydrogen-bond acceptors (Lipinski definition) is 9. The first-order valence-corrected chi connectivity index (χ1v) is 11.2. The van der Waals surface area contributed by atoms with Gasteiger partial charge in [-0.1, -0.05) is 30.3 Å². The Morgan fingerprint density at radius 2 is 1.67 bits per heavy atom. The van der Waals surface area contributed by atoms with Gasteiger partial charge in [-0.05, 0) is 18.2 Å². The van der Waals surface area contributed by atoms with E-state index in [1.165, 1.54) is 25.3 Å². The van der Waals surface area contributed by atoms with Crippen LogP contribution in [0.1, 0.15) is 55.5 Å². The molecule has 0 aromatic heterocycles. The van der Waals surface area contributed by atoms with E-state index < -0.39 is 71.1 Å². The lowest BCUT2D eigenvalue weighted by molar-refractivity contribution is -0.144. The summed E-state index contributed by atoms with van der Waals surface area (Å²) in [6.07, 6.45) is -2.63. The minimum absolute atomic E-state index is 0.0274. The number of carbonyl (C=O) groups is 3. The third-order valence-electron chi connectivity index (χ3n) is 6.73. The van der Waals surface area contributed by atoms with Crippen LogP contribution in [0.25, 0.3) is 0 Å². The Bertz CT molecular complexity index is 1430. The number of phenols is 2. The number of rotatable bonds is 5. The highest BCUT2D eigenvalue weighted by Crippen LogP contribution is 2.51. The van der Waals surface area contributed by atoms with Crippen molar-refractivity contribution in [1.82, 2.24) is 0 Å². The lowest BCUT2D eigenvalue weighted by Crippen LogP contribution is -2.47. The molecule has 36 heavy (non-hydrogen) atoms. The van der Waals surface area contributed by atoms with E-state index in [0.29, 0.717) is 5.75 Å². The van der Waals surface area contributed by atoms with E-state index in [2.05, 4.69) is 0 Å². The molecule has 4 N–H and O–H groups in total. The predicted octanol–water partition coefficient (Wildman–Crippen LogP) is 2.24. The maximum absolute atomic E-state index is 13.3. The normalized spacial score (nSPS) is 20.2. The molecule has 0 bridgehead atoms. The van der Waals surface area contributed by atoms with Gasteiger partial charge in [0.1, 0.15) is 35.2 Å². The number of benzene rings is 3. The average molecular weight is 490 g/mol. The van der Waals surface area contributed by atoms with Crippen LogP contribution in [0.3, 0.4) is 0 Å². The maximum atomic E-state index is 13.3. The summed E-state index contributed by atoms with van der Waals surface area (Å²) in [5.74, 6) is -3.10. The van der Waals surface area contributed by atoms with E-state index in [1.54, 1.807) is 30.3 Å². The first-order chi connectivity index (χ1) is 17.2. The zero-order valence-corrected chi connectivity index (χ0v) is 19.1. The Labute approximate surface area is 205 Å². The molecule has 0 amide bonds. The third-order valence-corrected chi connectivity index (χ3v) is 6.73. The molecule has 2 atom stereocenters. The smallest absolute Gasteiger partial charge is 0.202 e. The standard InChI is InChI=1S/C27H22O9/c1-35-17-9-5-8-14-20(17)26(33)22-21(23(14)30)24(31)15-10-27(34,11-16(28)19(15)25(22)32)18(29)12-36-13-6-3-2-4-7-13/h2-9,16,28,31-32,34H,10-12H2,1H3/t16-,27-/m0/s1. The number of Topliss-reactive ketones (excluding diaryl/α,β-unsaturated/α-hetero) is 1. The molecular formula is C27H22O9. The number of aromatic hydroxyl groups is 2.